The molecule has 4 heteroatoms. The van der Waals surface area contributed by atoms with Crippen LogP contribution in [0.15, 0.2) is 40.9 Å². The molecular weight excluding hydrogens is 295 g/mol. The molecule has 18 heavy (non-hydrogen) atoms. The molecule has 0 amide bonds. The first-order valence-corrected chi connectivity index (χ1v) is 6.50. The predicted octanol–water partition coefficient (Wildman–Crippen LogP) is 4.48. The lowest BCUT2D eigenvalue weighted by atomic mass is 10.1. The summed E-state index contributed by atoms with van der Waals surface area (Å²) < 4.78 is 14.0. The summed E-state index contributed by atoms with van der Waals surface area (Å²) in [6.07, 6.45) is 0.906. The fourth-order valence-electron chi connectivity index (χ4n) is 1.77. The number of hydrogen-bond donors (Lipinski definition) is 2. The lowest BCUT2D eigenvalue weighted by molar-refractivity contribution is 0.628. The minimum Gasteiger partial charge on any atom is -0.397 e. The van der Waals surface area contributed by atoms with E-state index in [0.717, 1.165) is 16.6 Å². The summed E-state index contributed by atoms with van der Waals surface area (Å²) in [5, 5.41) is 3.23. The Hall–Kier alpha value is -1.55. The summed E-state index contributed by atoms with van der Waals surface area (Å²) in [4.78, 5) is 0. The zero-order chi connectivity index (χ0) is 13.1. The van der Waals surface area contributed by atoms with Gasteiger partial charge in [-0.25, -0.2) is 4.39 Å². The van der Waals surface area contributed by atoms with Crippen molar-refractivity contribution in [3.8, 4) is 0 Å². The second-order valence-electron chi connectivity index (χ2n) is 4.01. The molecule has 0 saturated carbocycles. The molecule has 0 heterocycles. The van der Waals surface area contributed by atoms with Crippen molar-refractivity contribution in [3.05, 3.63) is 52.3 Å². The predicted molar refractivity (Wildman–Crippen MR) is 77.6 cm³/mol. The van der Waals surface area contributed by atoms with Crippen molar-refractivity contribution in [2.24, 2.45) is 0 Å². The van der Waals surface area contributed by atoms with Crippen molar-refractivity contribution < 1.29 is 4.39 Å². The van der Waals surface area contributed by atoms with Crippen LogP contribution in [0.4, 0.5) is 21.5 Å². The molecule has 94 valence electrons. The molecule has 0 radical (unpaired) electrons. The van der Waals surface area contributed by atoms with Crippen LogP contribution >= 0.6 is 15.9 Å². The molecule has 0 aliphatic heterocycles. The molecule has 0 fully saturated rings. The summed E-state index contributed by atoms with van der Waals surface area (Å²) in [7, 11) is 0. The Labute approximate surface area is 114 Å². The van der Waals surface area contributed by atoms with Gasteiger partial charge in [0.25, 0.3) is 0 Å². The molecular formula is C14H14BrFN2. The monoisotopic (exact) mass is 308 g/mol. The van der Waals surface area contributed by atoms with E-state index in [1.807, 2.05) is 12.1 Å². The number of nitrogen functional groups attached to an aromatic ring is 1. The summed E-state index contributed by atoms with van der Waals surface area (Å²) in [6.45, 7) is 2.08. The highest BCUT2D eigenvalue weighted by Crippen LogP contribution is 2.28. The SMILES string of the molecule is CCc1cc(Br)ccc1Nc1ccc(F)cc1N. The van der Waals surface area contributed by atoms with E-state index in [1.165, 1.54) is 17.7 Å². The van der Waals surface area contributed by atoms with E-state index in [9.17, 15) is 4.39 Å². The van der Waals surface area contributed by atoms with Gasteiger partial charge in [-0.15, -0.1) is 0 Å². The van der Waals surface area contributed by atoms with Gasteiger partial charge >= 0.3 is 0 Å². The van der Waals surface area contributed by atoms with E-state index in [0.29, 0.717) is 11.4 Å². The summed E-state index contributed by atoms with van der Waals surface area (Å²) in [5.74, 6) is -0.329. The second kappa shape index (κ2) is 5.40. The molecule has 0 aliphatic carbocycles. The van der Waals surface area contributed by atoms with E-state index in [1.54, 1.807) is 6.07 Å². The average molecular weight is 309 g/mol. The molecule has 0 aliphatic rings. The maximum Gasteiger partial charge on any atom is 0.125 e. The standard InChI is InChI=1S/C14H14BrFN2/c1-2-9-7-10(15)3-5-13(9)18-14-6-4-11(16)8-12(14)17/h3-8,18H,2,17H2,1H3. The zero-order valence-electron chi connectivity index (χ0n) is 10.0. The highest BCUT2D eigenvalue weighted by atomic mass is 79.9. The Balaban J connectivity index is 2.33. The summed E-state index contributed by atoms with van der Waals surface area (Å²) >= 11 is 3.44. The third-order valence-corrected chi connectivity index (χ3v) is 3.22. The quantitative estimate of drug-likeness (QED) is 0.821. The van der Waals surface area contributed by atoms with Crippen LogP contribution in [0, 0.1) is 5.82 Å². The number of rotatable bonds is 3. The van der Waals surface area contributed by atoms with Gasteiger partial charge in [0.05, 0.1) is 11.4 Å². The van der Waals surface area contributed by atoms with Gasteiger partial charge in [-0.3, -0.25) is 0 Å². The summed E-state index contributed by atoms with van der Waals surface area (Å²) in [5.41, 5.74) is 9.06. The third-order valence-electron chi connectivity index (χ3n) is 2.73. The van der Waals surface area contributed by atoms with E-state index in [2.05, 4.69) is 34.2 Å². The molecule has 3 N–H and O–H groups in total. The van der Waals surface area contributed by atoms with Gasteiger partial charge in [0.2, 0.25) is 0 Å². The first-order valence-electron chi connectivity index (χ1n) is 5.70. The Morgan fingerprint density at radius 2 is 1.89 bits per heavy atom. The Bertz CT molecular complexity index is 570. The van der Waals surface area contributed by atoms with Crippen molar-refractivity contribution in [1.82, 2.24) is 0 Å². The van der Waals surface area contributed by atoms with Crippen LogP contribution in [0.5, 0.6) is 0 Å². The number of anilines is 3. The number of halogens is 2. The Morgan fingerprint density at radius 3 is 2.56 bits per heavy atom. The topological polar surface area (TPSA) is 38.0 Å². The Morgan fingerprint density at radius 1 is 1.17 bits per heavy atom. The molecule has 2 rings (SSSR count). The van der Waals surface area contributed by atoms with Crippen LogP contribution in [-0.2, 0) is 6.42 Å². The fraction of sp³-hybridized carbons (Fsp3) is 0.143. The highest BCUT2D eigenvalue weighted by molar-refractivity contribution is 9.10. The molecule has 2 nitrogen and oxygen atoms in total. The number of nitrogens with one attached hydrogen (secondary N) is 1. The lowest BCUT2D eigenvalue weighted by Gasteiger charge is -2.13. The average Bonchev–Trinajstić information content (AvgIpc) is 2.34. The maximum absolute atomic E-state index is 13.0. The van der Waals surface area contributed by atoms with Gasteiger partial charge in [0, 0.05) is 10.2 Å². The molecule has 0 bridgehead atoms. The molecule has 2 aromatic carbocycles. The van der Waals surface area contributed by atoms with E-state index >= 15 is 0 Å². The Kier molecular flexibility index (Phi) is 3.87. The number of aryl methyl sites for hydroxylation is 1. The molecule has 0 unspecified atom stereocenters. The van der Waals surface area contributed by atoms with Crippen molar-refractivity contribution in [2.75, 3.05) is 11.1 Å². The minimum atomic E-state index is -0.329. The maximum atomic E-state index is 13.0. The van der Waals surface area contributed by atoms with E-state index in [4.69, 9.17) is 5.73 Å². The van der Waals surface area contributed by atoms with Gasteiger partial charge in [0.15, 0.2) is 0 Å². The summed E-state index contributed by atoms with van der Waals surface area (Å²) in [6, 6.07) is 10.3. The molecule has 2 aromatic rings. The van der Waals surface area contributed by atoms with Crippen LogP contribution in [-0.4, -0.2) is 0 Å². The van der Waals surface area contributed by atoms with Crippen molar-refractivity contribution in [2.45, 2.75) is 13.3 Å². The van der Waals surface area contributed by atoms with Crippen LogP contribution in [0.3, 0.4) is 0 Å². The second-order valence-corrected chi connectivity index (χ2v) is 4.93. The molecule has 0 aromatic heterocycles. The molecule has 0 saturated heterocycles. The number of hydrogen-bond acceptors (Lipinski definition) is 2. The molecule has 0 spiro atoms. The molecule has 0 atom stereocenters. The smallest absolute Gasteiger partial charge is 0.125 e. The fourth-order valence-corrected chi connectivity index (χ4v) is 2.18. The number of benzene rings is 2. The lowest BCUT2D eigenvalue weighted by Crippen LogP contribution is -1.99. The van der Waals surface area contributed by atoms with Gasteiger partial charge in [-0.1, -0.05) is 22.9 Å². The van der Waals surface area contributed by atoms with Gasteiger partial charge < -0.3 is 11.1 Å². The van der Waals surface area contributed by atoms with E-state index < -0.39 is 0 Å². The van der Waals surface area contributed by atoms with Crippen LogP contribution < -0.4 is 11.1 Å². The zero-order valence-corrected chi connectivity index (χ0v) is 11.6. The normalized spacial score (nSPS) is 10.4. The highest BCUT2D eigenvalue weighted by Gasteiger charge is 2.05. The minimum absolute atomic E-state index is 0.329. The van der Waals surface area contributed by atoms with Crippen molar-refractivity contribution >= 4 is 33.0 Å². The van der Waals surface area contributed by atoms with Crippen LogP contribution in [0.2, 0.25) is 0 Å². The van der Waals surface area contributed by atoms with Crippen molar-refractivity contribution in [1.29, 1.82) is 0 Å². The first kappa shape index (κ1) is 12.9. The first-order chi connectivity index (χ1) is 8.60. The van der Waals surface area contributed by atoms with Gasteiger partial charge in [-0.2, -0.15) is 0 Å². The largest absolute Gasteiger partial charge is 0.397 e. The third kappa shape index (κ3) is 2.82. The van der Waals surface area contributed by atoms with E-state index in [-0.39, 0.29) is 5.82 Å². The number of nitrogens with two attached hydrogens (primary N) is 1. The van der Waals surface area contributed by atoms with Crippen molar-refractivity contribution in [3.63, 3.8) is 0 Å². The van der Waals surface area contributed by atoms with Crippen LogP contribution in [0.1, 0.15) is 12.5 Å². The van der Waals surface area contributed by atoms with Gasteiger partial charge in [-0.05, 0) is 48.4 Å². The van der Waals surface area contributed by atoms with Crippen LogP contribution in [0.25, 0.3) is 0 Å². The van der Waals surface area contributed by atoms with Gasteiger partial charge in [0.1, 0.15) is 5.82 Å².